The minimum Gasteiger partial charge on any atom is -0.363 e. The van der Waals surface area contributed by atoms with E-state index < -0.39 is 0 Å². The Morgan fingerprint density at radius 3 is 2.46 bits per heavy atom. The number of rotatable bonds is 7. The third-order valence-corrected chi connectivity index (χ3v) is 7.17. The van der Waals surface area contributed by atoms with Gasteiger partial charge in [0, 0.05) is 28.5 Å². The van der Waals surface area contributed by atoms with Crippen LogP contribution in [0.3, 0.4) is 0 Å². The summed E-state index contributed by atoms with van der Waals surface area (Å²) in [6.45, 7) is 2.34. The molecule has 0 radical (unpaired) electrons. The number of aromatic nitrogens is 1. The van der Waals surface area contributed by atoms with Crippen molar-refractivity contribution in [2.45, 2.75) is 19.5 Å². The molecule has 0 saturated carbocycles. The van der Waals surface area contributed by atoms with E-state index in [4.69, 9.17) is 0 Å². The third kappa shape index (κ3) is 5.54. The average molecular weight is 554 g/mol. The Labute approximate surface area is 223 Å². The number of carbonyl (C=O) groups excluding carboxylic acids is 1. The molecule has 5 aromatic rings. The number of fused-ring (bicyclic) bond motifs is 1. The van der Waals surface area contributed by atoms with Crippen LogP contribution in [0.2, 0.25) is 0 Å². The van der Waals surface area contributed by atoms with Gasteiger partial charge in [-0.05, 0) is 69.0 Å². The highest BCUT2D eigenvalue weighted by molar-refractivity contribution is 9.10. The van der Waals surface area contributed by atoms with Crippen LogP contribution >= 0.6 is 15.9 Å². The van der Waals surface area contributed by atoms with Gasteiger partial charge in [-0.25, -0.2) is 9.37 Å². The van der Waals surface area contributed by atoms with E-state index in [0.29, 0.717) is 17.1 Å². The molecule has 1 aromatic heterocycles. The molecule has 0 bridgehead atoms. The lowest BCUT2D eigenvalue weighted by molar-refractivity contribution is 0.0984. The van der Waals surface area contributed by atoms with Gasteiger partial charge in [0.25, 0.3) is 5.91 Å². The van der Waals surface area contributed by atoms with E-state index in [1.165, 1.54) is 12.1 Å². The van der Waals surface area contributed by atoms with E-state index >= 15 is 0 Å². The lowest BCUT2D eigenvalue weighted by atomic mass is 10.1. The third-order valence-electron chi connectivity index (χ3n) is 6.31. The number of halogens is 2. The minimum absolute atomic E-state index is 0.0276. The smallest absolute Gasteiger partial charge is 0.259 e. The second-order valence-corrected chi connectivity index (χ2v) is 9.63. The van der Waals surface area contributed by atoms with Gasteiger partial charge >= 0.3 is 0 Å². The van der Waals surface area contributed by atoms with Crippen molar-refractivity contribution in [3.8, 4) is 0 Å². The van der Waals surface area contributed by atoms with Crippen molar-refractivity contribution >= 4 is 44.1 Å². The summed E-state index contributed by atoms with van der Waals surface area (Å²) in [4.78, 5) is 20.2. The first-order valence-corrected chi connectivity index (χ1v) is 12.8. The Balaban J connectivity index is 1.51. The van der Waals surface area contributed by atoms with Crippen LogP contribution in [0.25, 0.3) is 10.8 Å². The van der Waals surface area contributed by atoms with Gasteiger partial charge in [-0.3, -0.25) is 4.79 Å². The van der Waals surface area contributed by atoms with Crippen molar-refractivity contribution in [2.75, 3.05) is 10.2 Å². The predicted octanol–water partition coefficient (Wildman–Crippen LogP) is 8.16. The van der Waals surface area contributed by atoms with E-state index in [0.717, 1.165) is 26.4 Å². The fraction of sp³-hybridized carbons (Fsp3) is 0.0968. The number of nitrogens with one attached hydrogen (secondary N) is 1. The maximum Gasteiger partial charge on any atom is 0.259 e. The highest BCUT2D eigenvalue weighted by atomic mass is 79.9. The van der Waals surface area contributed by atoms with Crippen molar-refractivity contribution in [3.63, 3.8) is 0 Å². The van der Waals surface area contributed by atoms with Crippen molar-refractivity contribution in [1.82, 2.24) is 4.98 Å². The van der Waals surface area contributed by atoms with Crippen LogP contribution in [-0.2, 0) is 6.54 Å². The van der Waals surface area contributed by atoms with Crippen LogP contribution in [-0.4, -0.2) is 10.9 Å². The molecule has 1 heterocycles. The molecule has 184 valence electrons. The summed E-state index contributed by atoms with van der Waals surface area (Å²) in [5.74, 6) is 0.169. The number of hydrogen-bond donors (Lipinski definition) is 1. The SMILES string of the molecule is C[C@H](Nc1cc(N(Cc2ccc(F)cc2)C(=O)c2ccc3ccccc3c2Br)ccn1)c1ccccc1. The topological polar surface area (TPSA) is 45.2 Å². The molecular weight excluding hydrogens is 529 g/mol. The minimum atomic E-state index is -0.316. The van der Waals surface area contributed by atoms with Crippen LogP contribution in [0.1, 0.15) is 34.5 Å². The Morgan fingerprint density at radius 1 is 0.946 bits per heavy atom. The van der Waals surface area contributed by atoms with Crippen LogP contribution in [0.5, 0.6) is 0 Å². The summed E-state index contributed by atoms with van der Waals surface area (Å²) in [5.41, 5.74) is 3.18. The molecule has 0 saturated heterocycles. The first kappa shape index (κ1) is 24.7. The van der Waals surface area contributed by atoms with Gasteiger partial charge in [0.2, 0.25) is 0 Å². The zero-order chi connectivity index (χ0) is 25.8. The Bertz CT molecular complexity index is 1540. The monoisotopic (exact) mass is 553 g/mol. The Morgan fingerprint density at radius 2 is 1.68 bits per heavy atom. The van der Waals surface area contributed by atoms with Gasteiger partial charge in [0.15, 0.2) is 0 Å². The highest BCUT2D eigenvalue weighted by Crippen LogP contribution is 2.31. The molecule has 37 heavy (non-hydrogen) atoms. The van der Waals surface area contributed by atoms with E-state index in [2.05, 4.69) is 45.3 Å². The maximum atomic E-state index is 14.0. The van der Waals surface area contributed by atoms with E-state index in [9.17, 15) is 9.18 Å². The van der Waals surface area contributed by atoms with Gasteiger partial charge in [-0.1, -0.05) is 72.8 Å². The number of hydrogen-bond acceptors (Lipinski definition) is 3. The number of anilines is 2. The summed E-state index contributed by atoms with van der Waals surface area (Å²) in [7, 11) is 0. The van der Waals surface area contributed by atoms with Gasteiger partial charge in [-0.15, -0.1) is 0 Å². The van der Waals surface area contributed by atoms with Crippen LogP contribution < -0.4 is 10.2 Å². The molecular formula is C31H25BrFN3O. The van der Waals surface area contributed by atoms with Gasteiger partial charge in [0.05, 0.1) is 12.1 Å². The van der Waals surface area contributed by atoms with E-state index in [1.54, 1.807) is 23.2 Å². The molecule has 0 spiro atoms. The van der Waals surface area contributed by atoms with Crippen molar-refractivity contribution < 1.29 is 9.18 Å². The standard InChI is InChI=1S/C31H25BrFN3O/c1-21(23-7-3-2-4-8-23)35-29-19-26(17-18-34-29)36(20-22-11-14-25(33)15-12-22)31(37)28-16-13-24-9-5-6-10-27(24)30(28)32/h2-19,21H,20H2,1H3,(H,34,35)/t21-/m0/s1. The lowest BCUT2D eigenvalue weighted by Gasteiger charge is -2.25. The van der Waals surface area contributed by atoms with Crippen molar-refractivity contribution in [1.29, 1.82) is 0 Å². The predicted molar refractivity (Wildman–Crippen MR) is 151 cm³/mol. The molecule has 4 nitrogen and oxygen atoms in total. The summed E-state index contributed by atoms with van der Waals surface area (Å²) < 4.78 is 14.3. The fourth-order valence-electron chi connectivity index (χ4n) is 4.31. The second kappa shape index (κ2) is 10.9. The first-order chi connectivity index (χ1) is 18.0. The molecule has 0 aliphatic rings. The fourth-order valence-corrected chi connectivity index (χ4v) is 4.97. The molecule has 0 aliphatic heterocycles. The van der Waals surface area contributed by atoms with E-state index in [-0.39, 0.29) is 24.3 Å². The Hall–Kier alpha value is -4.03. The maximum absolute atomic E-state index is 14.0. The number of amides is 1. The number of carbonyl (C=O) groups is 1. The zero-order valence-corrected chi connectivity index (χ0v) is 21.8. The molecule has 4 aromatic carbocycles. The molecule has 0 aliphatic carbocycles. The molecule has 6 heteroatoms. The molecule has 1 amide bonds. The van der Waals surface area contributed by atoms with Crippen molar-refractivity contribution in [3.05, 3.63) is 136 Å². The van der Waals surface area contributed by atoms with Gasteiger partial charge in [0.1, 0.15) is 11.6 Å². The summed E-state index contributed by atoms with van der Waals surface area (Å²) in [6, 6.07) is 31.7. The number of benzene rings is 4. The molecule has 5 rings (SSSR count). The lowest BCUT2D eigenvalue weighted by Crippen LogP contribution is -2.31. The number of nitrogens with zero attached hydrogens (tertiary/aromatic N) is 2. The summed E-state index contributed by atoms with van der Waals surface area (Å²) in [6.07, 6.45) is 1.69. The second-order valence-electron chi connectivity index (χ2n) is 8.84. The molecule has 1 N–H and O–H groups in total. The Kier molecular flexibility index (Phi) is 7.28. The molecule has 0 unspecified atom stereocenters. The normalized spacial score (nSPS) is 11.8. The van der Waals surface area contributed by atoms with Crippen LogP contribution in [0, 0.1) is 5.82 Å². The largest absolute Gasteiger partial charge is 0.363 e. The van der Waals surface area contributed by atoms with Gasteiger partial charge in [-0.2, -0.15) is 0 Å². The van der Waals surface area contributed by atoms with E-state index in [1.807, 2.05) is 66.7 Å². The summed E-state index contributed by atoms with van der Waals surface area (Å²) >= 11 is 3.67. The van der Waals surface area contributed by atoms with Gasteiger partial charge < -0.3 is 10.2 Å². The zero-order valence-electron chi connectivity index (χ0n) is 20.2. The van der Waals surface area contributed by atoms with Crippen LogP contribution in [0.4, 0.5) is 15.9 Å². The quantitative estimate of drug-likeness (QED) is 0.221. The molecule has 1 atom stereocenters. The van der Waals surface area contributed by atoms with Crippen LogP contribution in [0.15, 0.2) is 114 Å². The highest BCUT2D eigenvalue weighted by Gasteiger charge is 2.22. The van der Waals surface area contributed by atoms with Crippen molar-refractivity contribution in [2.24, 2.45) is 0 Å². The molecule has 0 fully saturated rings. The average Bonchev–Trinajstić information content (AvgIpc) is 2.93. The first-order valence-electron chi connectivity index (χ1n) is 12.0. The summed E-state index contributed by atoms with van der Waals surface area (Å²) in [5, 5.41) is 5.44. The number of pyridine rings is 1.